The first kappa shape index (κ1) is 48.6. The number of hydrogen-bond acceptors (Lipinski definition) is 7. The van der Waals surface area contributed by atoms with E-state index in [1.807, 2.05) is 95.3 Å². The Balaban J connectivity index is 1.37. The van der Waals surface area contributed by atoms with Crippen LogP contribution in [0.15, 0.2) is 60.7 Å². The summed E-state index contributed by atoms with van der Waals surface area (Å²) in [5.41, 5.74) is 1.48. The molecular weight excluding hydrogens is 755 g/mol. The summed E-state index contributed by atoms with van der Waals surface area (Å²) >= 11 is 0. The molecule has 1 aliphatic carbocycles. The molecule has 0 aromatic heterocycles. The highest BCUT2D eigenvalue weighted by Gasteiger charge is 2.48. The molecule has 1 saturated heterocycles. The Kier molecular flexibility index (Phi) is 20.7. The van der Waals surface area contributed by atoms with Gasteiger partial charge in [0.1, 0.15) is 18.1 Å². The monoisotopic (exact) mass is 830 g/mol. The van der Waals surface area contributed by atoms with Gasteiger partial charge < -0.3 is 26.0 Å². The molecule has 2 aliphatic rings. The van der Waals surface area contributed by atoms with E-state index in [2.05, 4.69) is 26.2 Å². The van der Waals surface area contributed by atoms with Gasteiger partial charge in [-0.15, -0.1) is 0 Å². The summed E-state index contributed by atoms with van der Waals surface area (Å²) in [4.78, 5) is 71.7. The molecule has 4 N–H and O–H groups in total. The number of hydrogen-bond donors (Lipinski definition) is 4. The summed E-state index contributed by atoms with van der Waals surface area (Å²) < 4.78 is 5.44. The molecule has 2 aromatic rings. The summed E-state index contributed by atoms with van der Waals surface area (Å²) in [6.07, 6.45) is 11.5. The summed E-state index contributed by atoms with van der Waals surface area (Å²) in [6, 6.07) is 15.9. The number of unbranched alkanes of at least 4 members (excludes halogenated alkanes) is 6. The van der Waals surface area contributed by atoms with E-state index in [0.29, 0.717) is 32.1 Å². The fraction of sp³-hybridized carbons (Fsp3) is 0.653. The Hall–Kier alpha value is -4.09. The molecular formula is C49H75N5O6. The lowest BCUT2D eigenvalue weighted by atomic mass is 9.91. The highest BCUT2D eigenvalue weighted by molar-refractivity contribution is 5.97. The van der Waals surface area contributed by atoms with Crippen LogP contribution in [0.3, 0.4) is 0 Å². The van der Waals surface area contributed by atoms with Crippen molar-refractivity contribution in [1.82, 2.24) is 26.2 Å². The zero-order valence-electron chi connectivity index (χ0n) is 37.3. The van der Waals surface area contributed by atoms with Crippen molar-refractivity contribution in [2.75, 3.05) is 32.8 Å². The lowest BCUT2D eigenvalue weighted by Gasteiger charge is -2.28. The van der Waals surface area contributed by atoms with E-state index >= 15 is 0 Å². The van der Waals surface area contributed by atoms with E-state index < -0.39 is 47.3 Å². The number of morpholine rings is 1. The van der Waals surface area contributed by atoms with Gasteiger partial charge in [0.05, 0.1) is 19.3 Å². The first-order chi connectivity index (χ1) is 28.8. The van der Waals surface area contributed by atoms with Crippen molar-refractivity contribution in [3.05, 3.63) is 71.8 Å². The van der Waals surface area contributed by atoms with Crippen molar-refractivity contribution >= 4 is 29.4 Å². The molecule has 0 spiro atoms. The fourth-order valence-electron chi connectivity index (χ4n) is 7.96. The van der Waals surface area contributed by atoms with Gasteiger partial charge in [0, 0.05) is 31.3 Å². The minimum absolute atomic E-state index is 0.0357. The van der Waals surface area contributed by atoms with Gasteiger partial charge in [-0.2, -0.15) is 0 Å². The Bertz CT molecular complexity index is 1610. The van der Waals surface area contributed by atoms with Gasteiger partial charge >= 0.3 is 0 Å². The molecule has 1 heterocycles. The maximum atomic E-state index is 14.2. The molecule has 0 unspecified atom stereocenters. The number of aryl methyl sites for hydroxylation is 1. The number of ketones is 1. The maximum Gasteiger partial charge on any atom is 0.243 e. The van der Waals surface area contributed by atoms with E-state index in [4.69, 9.17) is 4.74 Å². The van der Waals surface area contributed by atoms with Gasteiger partial charge in [-0.05, 0) is 80.9 Å². The van der Waals surface area contributed by atoms with E-state index in [1.54, 1.807) is 0 Å². The minimum Gasteiger partial charge on any atom is -0.379 e. The van der Waals surface area contributed by atoms with E-state index in [0.717, 1.165) is 82.5 Å². The van der Waals surface area contributed by atoms with Gasteiger partial charge in [-0.3, -0.25) is 28.9 Å². The molecule has 60 heavy (non-hydrogen) atoms. The van der Waals surface area contributed by atoms with Crippen LogP contribution in [0.1, 0.15) is 129 Å². The number of ether oxygens (including phenoxy) is 1. The Morgan fingerprint density at radius 3 is 1.72 bits per heavy atom. The number of Topliss-reactive ketones (excluding diaryl/α,β-unsaturated/α-hetero) is 1. The van der Waals surface area contributed by atoms with Crippen LogP contribution in [0.5, 0.6) is 0 Å². The topological polar surface area (TPSA) is 146 Å². The van der Waals surface area contributed by atoms with Gasteiger partial charge in [-0.25, -0.2) is 0 Å². The molecule has 2 fully saturated rings. The minimum atomic E-state index is -0.982. The molecule has 0 bridgehead atoms. The Labute approximate surface area is 360 Å². The van der Waals surface area contributed by atoms with Crippen LogP contribution in [-0.4, -0.2) is 91.3 Å². The lowest BCUT2D eigenvalue weighted by Crippen LogP contribution is -2.58. The molecule has 2 aromatic carbocycles. The normalized spacial score (nSPS) is 17.0. The number of nitrogens with zero attached hydrogens (tertiary/aromatic N) is 1. The van der Waals surface area contributed by atoms with Crippen LogP contribution in [0.4, 0.5) is 0 Å². The molecule has 4 rings (SSSR count). The standard InChI is InChI=1S/C49H75N5O6/c1-36(2)33-41(45(56)49(5)26-27-49)51-48(59)43(35-39-21-15-12-16-22-39)53-47(58)42(34-37(3)4)52-46(57)40(25-24-38-19-13-11-14-20-38)50-44(55)23-17-9-7-6-8-10-18-28-54-29-31-60-32-30-54/h11-16,19-22,36-37,40-43H,6-10,17-18,23-35H2,1-5H3,(H,50,55)(H,51,59)(H,52,57)(H,53,58)/t40-,41-,42-,43-/m0/s1. The number of benzene rings is 2. The average Bonchev–Trinajstić information content (AvgIpc) is 3.99. The SMILES string of the molecule is CC(C)C[C@H](NC(=O)[C@H](CCc1ccccc1)NC(=O)CCCCCCCCCN1CCOCC1)C(=O)N[C@@H](Cc1ccccc1)C(=O)N[C@@H](CC(C)C)C(=O)C1(C)CC1. The summed E-state index contributed by atoms with van der Waals surface area (Å²) in [5, 5.41) is 12.0. The molecule has 11 nitrogen and oxygen atoms in total. The quantitative estimate of drug-likeness (QED) is 0.0698. The van der Waals surface area contributed by atoms with Crippen molar-refractivity contribution < 1.29 is 28.7 Å². The van der Waals surface area contributed by atoms with Gasteiger partial charge in [-0.1, -0.05) is 127 Å². The number of rotatable bonds is 28. The third-order valence-electron chi connectivity index (χ3n) is 11.9. The van der Waals surface area contributed by atoms with Crippen LogP contribution < -0.4 is 21.3 Å². The number of amides is 4. The molecule has 0 radical (unpaired) electrons. The zero-order chi connectivity index (χ0) is 43.3. The summed E-state index contributed by atoms with van der Waals surface area (Å²) in [5.74, 6) is -1.27. The van der Waals surface area contributed by atoms with Crippen molar-refractivity contribution in [3.8, 4) is 0 Å². The van der Waals surface area contributed by atoms with Crippen molar-refractivity contribution in [3.63, 3.8) is 0 Å². The van der Waals surface area contributed by atoms with Gasteiger partial charge in [0.2, 0.25) is 23.6 Å². The second kappa shape index (κ2) is 25.6. The number of nitrogens with one attached hydrogen (secondary N) is 4. The maximum absolute atomic E-state index is 14.2. The van der Waals surface area contributed by atoms with Gasteiger partial charge in [0.15, 0.2) is 5.78 Å². The first-order valence-corrected chi connectivity index (χ1v) is 23.0. The van der Waals surface area contributed by atoms with E-state index in [-0.39, 0.29) is 29.9 Å². The van der Waals surface area contributed by atoms with Crippen LogP contribution in [0.25, 0.3) is 0 Å². The molecule has 332 valence electrons. The van der Waals surface area contributed by atoms with Gasteiger partial charge in [0.25, 0.3) is 0 Å². The average molecular weight is 830 g/mol. The Morgan fingerprint density at radius 2 is 1.12 bits per heavy atom. The first-order valence-electron chi connectivity index (χ1n) is 23.0. The molecule has 1 saturated carbocycles. The molecule has 4 amide bonds. The number of carbonyl (C=O) groups excluding carboxylic acids is 5. The van der Waals surface area contributed by atoms with Crippen LogP contribution in [-0.2, 0) is 41.6 Å². The molecule has 11 heteroatoms. The third-order valence-corrected chi connectivity index (χ3v) is 11.9. The van der Waals surface area contributed by atoms with Crippen LogP contribution in [0.2, 0.25) is 0 Å². The van der Waals surface area contributed by atoms with Crippen LogP contribution in [0, 0.1) is 17.3 Å². The molecule has 4 atom stereocenters. The zero-order valence-corrected chi connectivity index (χ0v) is 37.3. The fourth-order valence-corrected chi connectivity index (χ4v) is 7.96. The van der Waals surface area contributed by atoms with E-state index in [9.17, 15) is 24.0 Å². The predicted octanol–water partition coefficient (Wildman–Crippen LogP) is 6.72. The highest BCUT2D eigenvalue weighted by atomic mass is 16.5. The van der Waals surface area contributed by atoms with Crippen molar-refractivity contribution in [2.45, 2.75) is 155 Å². The predicted molar refractivity (Wildman–Crippen MR) is 238 cm³/mol. The summed E-state index contributed by atoms with van der Waals surface area (Å²) in [7, 11) is 0. The van der Waals surface area contributed by atoms with Crippen LogP contribution >= 0.6 is 0 Å². The third kappa shape index (κ3) is 17.9. The second-order valence-electron chi connectivity index (χ2n) is 18.4. The highest BCUT2D eigenvalue weighted by Crippen LogP contribution is 2.47. The molecule has 1 aliphatic heterocycles. The Morgan fingerprint density at radius 1 is 0.617 bits per heavy atom. The summed E-state index contributed by atoms with van der Waals surface area (Å²) in [6.45, 7) is 14.8. The van der Waals surface area contributed by atoms with Crippen molar-refractivity contribution in [2.24, 2.45) is 17.3 Å². The lowest BCUT2D eigenvalue weighted by molar-refractivity contribution is -0.135. The van der Waals surface area contributed by atoms with E-state index in [1.165, 1.54) is 19.3 Å². The van der Waals surface area contributed by atoms with Crippen molar-refractivity contribution in [1.29, 1.82) is 0 Å². The second-order valence-corrected chi connectivity index (χ2v) is 18.4. The smallest absolute Gasteiger partial charge is 0.243 e. The number of carbonyl (C=O) groups is 5. The largest absolute Gasteiger partial charge is 0.379 e.